The van der Waals surface area contributed by atoms with E-state index >= 15 is 0 Å². The standard InChI is InChI=1S/C17H25NO3/c1-16(15(20)21)3-2-4-18(16)14(19)17-8-11-5-12(9-17)7-13(6-11)10-17/h11-13H,2-10H2,1H3,(H,20,21). The van der Waals surface area contributed by atoms with E-state index in [2.05, 4.69) is 0 Å². The molecule has 116 valence electrons. The number of hydrogen-bond acceptors (Lipinski definition) is 2. The number of likely N-dealkylation sites (tertiary alicyclic amines) is 1. The fraction of sp³-hybridized carbons (Fsp3) is 0.882. The van der Waals surface area contributed by atoms with Crippen LogP contribution in [0.25, 0.3) is 0 Å². The first-order valence-corrected chi connectivity index (χ1v) is 8.48. The van der Waals surface area contributed by atoms with Gasteiger partial charge in [0, 0.05) is 6.54 Å². The van der Waals surface area contributed by atoms with Gasteiger partial charge in [0.05, 0.1) is 5.41 Å². The zero-order valence-electron chi connectivity index (χ0n) is 12.8. The predicted molar refractivity (Wildman–Crippen MR) is 77.6 cm³/mol. The highest BCUT2D eigenvalue weighted by Crippen LogP contribution is 2.61. The number of carbonyl (C=O) groups excluding carboxylic acids is 1. The van der Waals surface area contributed by atoms with Crippen molar-refractivity contribution in [3.05, 3.63) is 0 Å². The lowest BCUT2D eigenvalue weighted by atomic mass is 9.49. The van der Waals surface area contributed by atoms with Gasteiger partial charge in [0.2, 0.25) is 5.91 Å². The third-order valence-corrected chi connectivity index (χ3v) is 6.84. The zero-order chi connectivity index (χ0) is 14.8. The Morgan fingerprint density at radius 2 is 1.57 bits per heavy atom. The lowest BCUT2D eigenvalue weighted by Crippen LogP contribution is -2.59. The molecule has 21 heavy (non-hydrogen) atoms. The van der Waals surface area contributed by atoms with E-state index in [0.29, 0.717) is 13.0 Å². The molecule has 5 aliphatic rings. The molecule has 4 nitrogen and oxygen atoms in total. The Kier molecular flexibility index (Phi) is 2.74. The first-order chi connectivity index (χ1) is 9.93. The molecule has 0 radical (unpaired) electrons. The molecular weight excluding hydrogens is 266 g/mol. The number of carboxylic acids is 1. The topological polar surface area (TPSA) is 57.6 Å². The molecule has 0 aromatic rings. The van der Waals surface area contributed by atoms with Gasteiger partial charge < -0.3 is 10.0 Å². The first-order valence-electron chi connectivity index (χ1n) is 8.48. The number of carboxylic acid groups (broad SMARTS) is 1. The van der Waals surface area contributed by atoms with E-state index in [4.69, 9.17) is 0 Å². The molecule has 5 fully saturated rings. The summed E-state index contributed by atoms with van der Waals surface area (Å²) in [4.78, 5) is 26.7. The molecule has 0 spiro atoms. The minimum absolute atomic E-state index is 0.170. The Labute approximate surface area is 125 Å². The van der Waals surface area contributed by atoms with E-state index in [9.17, 15) is 14.7 Å². The molecule has 4 bridgehead atoms. The maximum atomic E-state index is 13.3. The van der Waals surface area contributed by atoms with Crippen molar-refractivity contribution >= 4 is 11.9 Å². The van der Waals surface area contributed by atoms with Crippen molar-refractivity contribution in [2.24, 2.45) is 23.2 Å². The molecule has 5 rings (SSSR count). The zero-order valence-corrected chi connectivity index (χ0v) is 12.8. The Bertz CT molecular complexity index is 465. The van der Waals surface area contributed by atoms with Crippen molar-refractivity contribution in [1.82, 2.24) is 4.90 Å². The quantitative estimate of drug-likeness (QED) is 0.851. The van der Waals surface area contributed by atoms with E-state index in [0.717, 1.165) is 43.4 Å². The second-order valence-electron chi connectivity index (χ2n) is 8.34. The van der Waals surface area contributed by atoms with E-state index in [1.54, 1.807) is 11.8 Å². The number of carbonyl (C=O) groups is 2. The molecule has 1 saturated heterocycles. The monoisotopic (exact) mass is 291 g/mol. The van der Waals surface area contributed by atoms with Crippen LogP contribution in [-0.2, 0) is 9.59 Å². The molecule has 1 heterocycles. The normalized spacial score (nSPS) is 47.9. The summed E-state index contributed by atoms with van der Waals surface area (Å²) >= 11 is 0. The predicted octanol–water partition coefficient (Wildman–Crippen LogP) is 2.67. The summed E-state index contributed by atoms with van der Waals surface area (Å²) in [5.41, 5.74) is -1.18. The van der Waals surface area contributed by atoms with Crippen LogP contribution < -0.4 is 0 Å². The molecular formula is C17H25NO3. The first kappa shape index (κ1) is 13.6. The van der Waals surface area contributed by atoms with Crippen LogP contribution in [0.5, 0.6) is 0 Å². The van der Waals surface area contributed by atoms with Gasteiger partial charge >= 0.3 is 5.97 Å². The summed E-state index contributed by atoms with van der Waals surface area (Å²) in [5.74, 6) is 1.50. The van der Waals surface area contributed by atoms with Crippen LogP contribution in [0.3, 0.4) is 0 Å². The fourth-order valence-electron chi connectivity index (χ4n) is 6.17. The van der Waals surface area contributed by atoms with Gasteiger partial charge in [-0.3, -0.25) is 4.79 Å². The maximum absolute atomic E-state index is 13.3. The van der Waals surface area contributed by atoms with Crippen LogP contribution >= 0.6 is 0 Å². The SMILES string of the molecule is CC1(C(=O)O)CCCN1C(=O)C12CC3CC(CC(C3)C1)C2. The Balaban J connectivity index is 1.64. The van der Waals surface area contributed by atoms with Crippen LogP contribution in [-0.4, -0.2) is 34.0 Å². The third kappa shape index (κ3) is 1.80. The Morgan fingerprint density at radius 1 is 1.05 bits per heavy atom. The van der Waals surface area contributed by atoms with E-state index < -0.39 is 11.5 Å². The highest BCUT2D eigenvalue weighted by Gasteiger charge is 2.58. The fourth-order valence-corrected chi connectivity index (χ4v) is 6.17. The molecule has 1 unspecified atom stereocenters. The van der Waals surface area contributed by atoms with Crippen LogP contribution in [0.1, 0.15) is 58.3 Å². The minimum atomic E-state index is -0.972. The van der Waals surface area contributed by atoms with Crippen molar-refractivity contribution in [2.75, 3.05) is 6.54 Å². The van der Waals surface area contributed by atoms with Crippen molar-refractivity contribution < 1.29 is 14.7 Å². The van der Waals surface area contributed by atoms with Gasteiger partial charge in [-0.05, 0) is 76.0 Å². The van der Waals surface area contributed by atoms with Crippen molar-refractivity contribution in [3.8, 4) is 0 Å². The molecule has 1 aliphatic heterocycles. The van der Waals surface area contributed by atoms with E-state index in [-0.39, 0.29) is 11.3 Å². The largest absolute Gasteiger partial charge is 0.480 e. The van der Waals surface area contributed by atoms with Gasteiger partial charge in [0.25, 0.3) is 0 Å². The Morgan fingerprint density at radius 3 is 2.05 bits per heavy atom. The second-order valence-corrected chi connectivity index (χ2v) is 8.34. The lowest BCUT2D eigenvalue weighted by Gasteiger charge is -2.57. The number of hydrogen-bond donors (Lipinski definition) is 1. The van der Waals surface area contributed by atoms with Crippen molar-refractivity contribution in [1.29, 1.82) is 0 Å². The summed E-state index contributed by atoms with van der Waals surface area (Å²) in [6, 6.07) is 0. The van der Waals surface area contributed by atoms with Gasteiger partial charge in [0.1, 0.15) is 5.54 Å². The number of amides is 1. The van der Waals surface area contributed by atoms with Gasteiger partial charge in [0.15, 0.2) is 0 Å². The molecule has 4 saturated carbocycles. The highest BCUT2D eigenvalue weighted by molar-refractivity contribution is 5.90. The second kappa shape index (κ2) is 4.23. The summed E-state index contributed by atoms with van der Waals surface area (Å²) in [6.07, 6.45) is 8.40. The molecule has 1 N–H and O–H groups in total. The molecule has 0 aromatic carbocycles. The molecule has 0 aromatic heterocycles. The number of aliphatic carboxylic acids is 1. The average Bonchev–Trinajstić information content (AvgIpc) is 2.79. The number of nitrogens with zero attached hydrogens (tertiary/aromatic N) is 1. The van der Waals surface area contributed by atoms with E-state index in [1.165, 1.54) is 19.3 Å². The number of rotatable bonds is 2. The molecule has 4 aliphatic carbocycles. The van der Waals surface area contributed by atoms with E-state index in [1.807, 2.05) is 0 Å². The Hall–Kier alpha value is -1.06. The van der Waals surface area contributed by atoms with Gasteiger partial charge in [-0.2, -0.15) is 0 Å². The van der Waals surface area contributed by atoms with Crippen LogP contribution in [0.4, 0.5) is 0 Å². The minimum Gasteiger partial charge on any atom is -0.480 e. The smallest absolute Gasteiger partial charge is 0.329 e. The van der Waals surface area contributed by atoms with Crippen LogP contribution in [0, 0.1) is 23.2 Å². The molecule has 1 amide bonds. The lowest BCUT2D eigenvalue weighted by molar-refractivity contribution is -0.169. The van der Waals surface area contributed by atoms with Gasteiger partial charge in [-0.25, -0.2) is 4.79 Å². The molecule has 1 atom stereocenters. The summed E-state index contributed by atoms with van der Waals surface area (Å²) in [7, 11) is 0. The van der Waals surface area contributed by atoms with Crippen molar-refractivity contribution in [2.45, 2.75) is 63.8 Å². The van der Waals surface area contributed by atoms with Crippen LogP contribution in [0.15, 0.2) is 0 Å². The molecule has 4 heteroatoms. The van der Waals surface area contributed by atoms with Gasteiger partial charge in [-0.1, -0.05) is 0 Å². The third-order valence-electron chi connectivity index (χ3n) is 6.84. The van der Waals surface area contributed by atoms with Gasteiger partial charge in [-0.15, -0.1) is 0 Å². The highest BCUT2D eigenvalue weighted by atomic mass is 16.4. The maximum Gasteiger partial charge on any atom is 0.329 e. The van der Waals surface area contributed by atoms with Crippen molar-refractivity contribution in [3.63, 3.8) is 0 Å². The average molecular weight is 291 g/mol. The summed E-state index contributed by atoms with van der Waals surface area (Å²) < 4.78 is 0. The van der Waals surface area contributed by atoms with Crippen LogP contribution in [0.2, 0.25) is 0 Å². The summed E-state index contributed by atoms with van der Waals surface area (Å²) in [6.45, 7) is 2.37. The summed E-state index contributed by atoms with van der Waals surface area (Å²) in [5, 5.41) is 9.58.